The van der Waals surface area contributed by atoms with Gasteiger partial charge in [0, 0.05) is 6.54 Å². The van der Waals surface area contributed by atoms with Crippen LogP contribution in [0.5, 0.6) is 0 Å². The van der Waals surface area contributed by atoms with Crippen LogP contribution in [0.1, 0.15) is 7.43 Å². The van der Waals surface area contributed by atoms with Gasteiger partial charge >= 0.3 is 0 Å². The van der Waals surface area contributed by atoms with Gasteiger partial charge < -0.3 is 10.0 Å². The number of nitrogens with zero attached hydrogens (tertiary/aromatic N) is 2. The van der Waals surface area contributed by atoms with Crippen LogP contribution in [0.15, 0.2) is 17.6 Å². The highest BCUT2D eigenvalue weighted by Gasteiger charge is 2.10. The zero-order chi connectivity index (χ0) is 6.69. The molecule has 1 rings (SSSR count). The lowest BCUT2D eigenvalue weighted by Gasteiger charge is -2.16. The minimum Gasteiger partial charge on any atom is -0.370 e. The van der Waals surface area contributed by atoms with Crippen molar-refractivity contribution in [3.8, 4) is 0 Å². The molecule has 0 bridgehead atoms. The Morgan fingerprint density at radius 1 is 1.80 bits per heavy atom. The predicted molar refractivity (Wildman–Crippen MR) is 43.0 cm³/mol. The summed E-state index contributed by atoms with van der Waals surface area (Å²) in [7, 11) is 0. The molecule has 0 aliphatic carbocycles. The molecule has 1 heterocycles. The molecular formula is C7H14N2O. The summed E-state index contributed by atoms with van der Waals surface area (Å²) in [5, 5.41) is 9.07. The first-order valence-electron chi connectivity index (χ1n) is 2.91. The van der Waals surface area contributed by atoms with E-state index in [1.54, 1.807) is 11.2 Å². The Labute approximate surface area is 61.7 Å². The fourth-order valence-electron chi connectivity index (χ4n) is 0.730. The van der Waals surface area contributed by atoms with Gasteiger partial charge in [-0.1, -0.05) is 14.0 Å². The molecule has 1 N–H and O–H groups in total. The molecule has 3 heteroatoms. The largest absolute Gasteiger partial charge is 0.370 e. The molecule has 0 fully saturated rings. The van der Waals surface area contributed by atoms with Crippen molar-refractivity contribution in [3.05, 3.63) is 12.7 Å². The molecule has 0 radical (unpaired) electrons. The minimum absolute atomic E-state index is 0. The second-order valence-corrected chi connectivity index (χ2v) is 1.91. The van der Waals surface area contributed by atoms with Gasteiger partial charge in [0.15, 0.2) is 0 Å². The SMILES string of the molecule is C.C=CC(O)N1C=NCC1. The van der Waals surface area contributed by atoms with Gasteiger partial charge in [0.2, 0.25) is 0 Å². The average Bonchev–Trinajstić information content (AvgIpc) is 2.37. The zero-order valence-corrected chi connectivity index (χ0v) is 5.20. The van der Waals surface area contributed by atoms with Crippen LogP contribution < -0.4 is 0 Å². The first-order valence-corrected chi connectivity index (χ1v) is 2.91. The quantitative estimate of drug-likeness (QED) is 0.569. The number of aliphatic hydroxyl groups excluding tert-OH is 1. The minimum atomic E-state index is -0.559. The molecular weight excluding hydrogens is 128 g/mol. The van der Waals surface area contributed by atoms with Crippen LogP contribution in [0.3, 0.4) is 0 Å². The Kier molecular flexibility index (Phi) is 3.72. The molecule has 0 amide bonds. The van der Waals surface area contributed by atoms with Crippen LogP contribution >= 0.6 is 0 Å². The Bertz CT molecular complexity index is 134. The van der Waals surface area contributed by atoms with E-state index in [1.807, 2.05) is 0 Å². The molecule has 1 aliphatic heterocycles. The number of rotatable bonds is 2. The van der Waals surface area contributed by atoms with Crippen molar-refractivity contribution >= 4 is 6.34 Å². The van der Waals surface area contributed by atoms with Crippen molar-refractivity contribution < 1.29 is 5.11 Å². The van der Waals surface area contributed by atoms with E-state index in [0.29, 0.717) is 0 Å². The molecule has 1 atom stereocenters. The van der Waals surface area contributed by atoms with E-state index in [4.69, 9.17) is 5.11 Å². The fraction of sp³-hybridized carbons (Fsp3) is 0.571. The van der Waals surface area contributed by atoms with Gasteiger partial charge in [0.25, 0.3) is 0 Å². The molecule has 10 heavy (non-hydrogen) atoms. The lowest BCUT2D eigenvalue weighted by molar-refractivity contribution is 0.108. The Morgan fingerprint density at radius 3 is 2.90 bits per heavy atom. The van der Waals surface area contributed by atoms with Crippen molar-refractivity contribution in [2.24, 2.45) is 4.99 Å². The molecule has 0 saturated heterocycles. The first-order chi connectivity index (χ1) is 4.34. The van der Waals surface area contributed by atoms with Crippen LogP contribution in [0, 0.1) is 0 Å². The topological polar surface area (TPSA) is 35.8 Å². The highest BCUT2D eigenvalue weighted by atomic mass is 16.3. The maximum atomic E-state index is 9.07. The van der Waals surface area contributed by atoms with Crippen LogP contribution in [-0.4, -0.2) is 35.7 Å². The van der Waals surface area contributed by atoms with E-state index >= 15 is 0 Å². The third kappa shape index (κ3) is 1.84. The molecule has 1 unspecified atom stereocenters. The van der Waals surface area contributed by atoms with E-state index < -0.39 is 6.23 Å². The molecule has 0 aromatic rings. The van der Waals surface area contributed by atoms with Crippen molar-refractivity contribution in [1.29, 1.82) is 0 Å². The summed E-state index contributed by atoms with van der Waals surface area (Å²) >= 11 is 0. The average molecular weight is 142 g/mol. The van der Waals surface area contributed by atoms with Crippen LogP contribution in [0.25, 0.3) is 0 Å². The van der Waals surface area contributed by atoms with Gasteiger partial charge in [-0.15, -0.1) is 0 Å². The van der Waals surface area contributed by atoms with E-state index in [9.17, 15) is 0 Å². The standard InChI is InChI=1S/C6H10N2O.CH4/c1-2-6(9)8-4-3-7-5-8;/h2,5-6,9H,1,3-4H2;1H4. The summed E-state index contributed by atoms with van der Waals surface area (Å²) in [4.78, 5) is 5.66. The molecule has 58 valence electrons. The summed E-state index contributed by atoms with van der Waals surface area (Å²) < 4.78 is 0. The third-order valence-corrected chi connectivity index (χ3v) is 1.27. The normalized spacial score (nSPS) is 18.3. The van der Waals surface area contributed by atoms with E-state index in [0.717, 1.165) is 13.1 Å². The maximum Gasteiger partial charge on any atom is 0.146 e. The van der Waals surface area contributed by atoms with Crippen molar-refractivity contribution in [2.45, 2.75) is 13.7 Å². The van der Waals surface area contributed by atoms with Crippen LogP contribution in [0.2, 0.25) is 0 Å². The highest BCUT2D eigenvalue weighted by molar-refractivity contribution is 5.57. The number of aliphatic hydroxyl groups is 1. The number of aliphatic imine (C=N–C) groups is 1. The monoisotopic (exact) mass is 142 g/mol. The van der Waals surface area contributed by atoms with E-state index in [1.165, 1.54) is 6.08 Å². The van der Waals surface area contributed by atoms with Gasteiger partial charge in [-0.2, -0.15) is 0 Å². The van der Waals surface area contributed by atoms with Gasteiger partial charge in [-0.3, -0.25) is 4.99 Å². The van der Waals surface area contributed by atoms with Crippen LogP contribution in [0.4, 0.5) is 0 Å². The highest BCUT2D eigenvalue weighted by Crippen LogP contribution is 1.98. The molecule has 3 nitrogen and oxygen atoms in total. The molecule has 0 aromatic carbocycles. The summed E-state index contributed by atoms with van der Waals surface area (Å²) in [6.45, 7) is 5.03. The van der Waals surface area contributed by atoms with Gasteiger partial charge in [0.1, 0.15) is 6.23 Å². The smallest absolute Gasteiger partial charge is 0.146 e. The summed E-state index contributed by atoms with van der Waals surface area (Å²) in [6, 6.07) is 0. The second kappa shape index (κ2) is 4.06. The van der Waals surface area contributed by atoms with E-state index in [-0.39, 0.29) is 7.43 Å². The Hall–Kier alpha value is -0.830. The lowest BCUT2D eigenvalue weighted by atomic mass is 10.5. The third-order valence-electron chi connectivity index (χ3n) is 1.27. The fourth-order valence-corrected chi connectivity index (χ4v) is 0.730. The number of hydrogen-bond donors (Lipinski definition) is 1. The van der Waals surface area contributed by atoms with Gasteiger partial charge in [-0.25, -0.2) is 0 Å². The summed E-state index contributed by atoms with van der Waals surface area (Å²) in [5.74, 6) is 0. The maximum absolute atomic E-state index is 9.07. The van der Waals surface area contributed by atoms with Crippen molar-refractivity contribution in [1.82, 2.24) is 4.90 Å². The predicted octanol–water partition coefficient (Wildman–Crippen LogP) is 0.471. The lowest BCUT2D eigenvalue weighted by Crippen LogP contribution is -2.30. The first kappa shape index (κ1) is 9.17. The summed E-state index contributed by atoms with van der Waals surface area (Å²) in [6.07, 6.45) is 2.57. The molecule has 0 saturated carbocycles. The van der Waals surface area contributed by atoms with Crippen LogP contribution in [-0.2, 0) is 0 Å². The number of hydrogen-bond acceptors (Lipinski definition) is 3. The van der Waals surface area contributed by atoms with E-state index in [2.05, 4.69) is 11.6 Å². The van der Waals surface area contributed by atoms with Crippen molar-refractivity contribution in [3.63, 3.8) is 0 Å². The van der Waals surface area contributed by atoms with Gasteiger partial charge in [-0.05, 0) is 6.08 Å². The molecule has 1 aliphatic rings. The Balaban J connectivity index is 0.000000810. The molecule has 0 spiro atoms. The molecule has 0 aromatic heterocycles. The summed E-state index contributed by atoms with van der Waals surface area (Å²) in [5.41, 5.74) is 0. The van der Waals surface area contributed by atoms with Gasteiger partial charge in [0.05, 0.1) is 12.9 Å². The second-order valence-electron chi connectivity index (χ2n) is 1.91. The zero-order valence-electron chi connectivity index (χ0n) is 5.20. The van der Waals surface area contributed by atoms with Crippen molar-refractivity contribution in [2.75, 3.05) is 13.1 Å². The Morgan fingerprint density at radius 2 is 2.50 bits per heavy atom.